The maximum Gasteiger partial charge on any atom is 0.123 e. The van der Waals surface area contributed by atoms with Crippen molar-refractivity contribution in [2.45, 2.75) is 19.4 Å². The number of benzene rings is 1. The molecule has 14 heavy (non-hydrogen) atoms. The van der Waals surface area contributed by atoms with Crippen LogP contribution in [0.4, 0.5) is 4.39 Å². The summed E-state index contributed by atoms with van der Waals surface area (Å²) in [7, 11) is 0. The zero-order valence-corrected chi connectivity index (χ0v) is 8.46. The molecule has 0 aromatic heterocycles. The van der Waals surface area contributed by atoms with Gasteiger partial charge in [-0.1, -0.05) is 18.2 Å². The highest BCUT2D eigenvalue weighted by molar-refractivity contribution is 5.19. The molecule has 0 spiro atoms. The van der Waals surface area contributed by atoms with Crippen LogP contribution in [-0.4, -0.2) is 6.54 Å². The van der Waals surface area contributed by atoms with Gasteiger partial charge in [-0.15, -0.1) is 6.58 Å². The minimum atomic E-state index is -0.188. The monoisotopic (exact) mass is 193 g/mol. The second-order valence-electron chi connectivity index (χ2n) is 3.30. The molecule has 0 bridgehead atoms. The van der Waals surface area contributed by atoms with Crippen molar-refractivity contribution in [3.05, 3.63) is 48.3 Å². The van der Waals surface area contributed by atoms with Crippen molar-refractivity contribution in [3.8, 4) is 0 Å². The Morgan fingerprint density at radius 1 is 1.43 bits per heavy atom. The molecule has 0 aliphatic heterocycles. The summed E-state index contributed by atoms with van der Waals surface area (Å²) < 4.78 is 12.6. The molecular weight excluding hydrogens is 177 g/mol. The van der Waals surface area contributed by atoms with Gasteiger partial charge in [0.2, 0.25) is 0 Å². The number of hydrogen-bond acceptors (Lipinski definition) is 1. The van der Waals surface area contributed by atoms with E-state index < -0.39 is 0 Å². The van der Waals surface area contributed by atoms with Gasteiger partial charge in [0.1, 0.15) is 5.82 Å². The van der Waals surface area contributed by atoms with Crippen LogP contribution in [0.1, 0.15) is 24.9 Å². The van der Waals surface area contributed by atoms with Crippen molar-refractivity contribution in [2.24, 2.45) is 0 Å². The summed E-state index contributed by atoms with van der Waals surface area (Å²) in [5.74, 6) is -0.188. The minimum Gasteiger partial charge on any atom is -0.310 e. The molecule has 0 radical (unpaired) electrons. The van der Waals surface area contributed by atoms with Gasteiger partial charge in [0.05, 0.1) is 0 Å². The first-order valence-electron chi connectivity index (χ1n) is 4.84. The highest BCUT2D eigenvalue weighted by atomic mass is 19.1. The second-order valence-corrected chi connectivity index (χ2v) is 3.30. The topological polar surface area (TPSA) is 12.0 Å². The molecule has 1 nitrogen and oxygen atoms in total. The molecule has 0 amide bonds. The van der Waals surface area contributed by atoms with Crippen LogP contribution in [0.15, 0.2) is 36.9 Å². The molecular formula is C12H16FN. The third-order valence-electron chi connectivity index (χ3n) is 2.17. The first-order valence-corrected chi connectivity index (χ1v) is 4.84. The Morgan fingerprint density at radius 2 is 2.07 bits per heavy atom. The van der Waals surface area contributed by atoms with Crippen molar-refractivity contribution < 1.29 is 4.39 Å². The van der Waals surface area contributed by atoms with Crippen LogP contribution in [0, 0.1) is 5.82 Å². The summed E-state index contributed by atoms with van der Waals surface area (Å²) in [6.07, 6.45) is 2.83. The fourth-order valence-electron chi connectivity index (χ4n) is 1.27. The van der Waals surface area contributed by atoms with E-state index in [9.17, 15) is 4.39 Å². The zero-order chi connectivity index (χ0) is 10.4. The highest BCUT2D eigenvalue weighted by Crippen LogP contribution is 2.12. The molecule has 0 fully saturated rings. The summed E-state index contributed by atoms with van der Waals surface area (Å²) in [6.45, 7) is 6.62. The van der Waals surface area contributed by atoms with Crippen LogP contribution in [-0.2, 0) is 0 Å². The molecule has 0 saturated heterocycles. The minimum absolute atomic E-state index is 0.188. The van der Waals surface area contributed by atoms with E-state index in [1.54, 1.807) is 12.1 Å². The van der Waals surface area contributed by atoms with Crippen LogP contribution in [0.5, 0.6) is 0 Å². The van der Waals surface area contributed by atoms with E-state index in [0.29, 0.717) is 0 Å². The van der Waals surface area contributed by atoms with Gasteiger partial charge in [0.15, 0.2) is 0 Å². The van der Waals surface area contributed by atoms with E-state index in [4.69, 9.17) is 0 Å². The van der Waals surface area contributed by atoms with Gasteiger partial charge in [0.25, 0.3) is 0 Å². The average molecular weight is 193 g/mol. The SMILES string of the molecule is C=CCCN[C@H](C)c1ccc(F)cc1. The molecule has 0 saturated carbocycles. The third-order valence-corrected chi connectivity index (χ3v) is 2.17. The number of rotatable bonds is 5. The predicted molar refractivity (Wildman–Crippen MR) is 57.6 cm³/mol. The molecule has 0 heterocycles. The predicted octanol–water partition coefficient (Wildman–Crippen LogP) is 3.05. The van der Waals surface area contributed by atoms with E-state index in [-0.39, 0.29) is 11.9 Å². The number of halogens is 1. The van der Waals surface area contributed by atoms with Crippen LogP contribution >= 0.6 is 0 Å². The molecule has 1 aromatic rings. The third kappa shape index (κ3) is 3.30. The van der Waals surface area contributed by atoms with Crippen LogP contribution in [0.3, 0.4) is 0 Å². The van der Waals surface area contributed by atoms with Crippen LogP contribution in [0.2, 0.25) is 0 Å². The number of nitrogens with one attached hydrogen (secondary N) is 1. The lowest BCUT2D eigenvalue weighted by Gasteiger charge is -2.13. The lowest BCUT2D eigenvalue weighted by Crippen LogP contribution is -2.19. The molecule has 0 unspecified atom stereocenters. The zero-order valence-electron chi connectivity index (χ0n) is 8.46. The lowest BCUT2D eigenvalue weighted by molar-refractivity contribution is 0.577. The Hall–Kier alpha value is -1.15. The molecule has 1 N–H and O–H groups in total. The molecule has 1 rings (SSSR count). The standard InChI is InChI=1S/C12H16FN/c1-3-4-9-14-10(2)11-5-7-12(13)8-6-11/h3,5-8,10,14H,1,4,9H2,2H3/t10-/m1/s1. The average Bonchev–Trinajstić information content (AvgIpc) is 2.19. The van der Waals surface area contributed by atoms with Crippen molar-refractivity contribution in [3.63, 3.8) is 0 Å². The van der Waals surface area contributed by atoms with E-state index in [1.165, 1.54) is 12.1 Å². The summed E-state index contributed by atoms with van der Waals surface area (Å²) in [4.78, 5) is 0. The van der Waals surface area contributed by atoms with Crippen molar-refractivity contribution >= 4 is 0 Å². The Balaban J connectivity index is 2.47. The molecule has 1 atom stereocenters. The maximum absolute atomic E-state index is 12.6. The summed E-state index contributed by atoms with van der Waals surface area (Å²) in [5, 5.41) is 3.33. The summed E-state index contributed by atoms with van der Waals surface area (Å²) >= 11 is 0. The van der Waals surface area contributed by atoms with E-state index in [2.05, 4.69) is 18.8 Å². The first kappa shape index (κ1) is 10.9. The van der Waals surface area contributed by atoms with Crippen molar-refractivity contribution in [1.82, 2.24) is 5.32 Å². The second kappa shape index (κ2) is 5.55. The Kier molecular flexibility index (Phi) is 4.33. The van der Waals surface area contributed by atoms with Gasteiger partial charge >= 0.3 is 0 Å². The quantitative estimate of drug-likeness (QED) is 0.560. The van der Waals surface area contributed by atoms with Gasteiger partial charge in [-0.3, -0.25) is 0 Å². The van der Waals surface area contributed by atoms with Crippen molar-refractivity contribution in [1.29, 1.82) is 0 Å². The van der Waals surface area contributed by atoms with E-state index >= 15 is 0 Å². The molecule has 76 valence electrons. The van der Waals surface area contributed by atoms with Crippen LogP contribution in [0.25, 0.3) is 0 Å². The smallest absolute Gasteiger partial charge is 0.123 e. The fraction of sp³-hybridized carbons (Fsp3) is 0.333. The normalized spacial score (nSPS) is 12.4. The largest absolute Gasteiger partial charge is 0.310 e. The first-order chi connectivity index (χ1) is 6.74. The van der Waals surface area contributed by atoms with Gasteiger partial charge in [-0.2, -0.15) is 0 Å². The molecule has 0 aliphatic carbocycles. The summed E-state index contributed by atoms with van der Waals surface area (Å²) in [5.41, 5.74) is 1.11. The van der Waals surface area contributed by atoms with Gasteiger partial charge < -0.3 is 5.32 Å². The van der Waals surface area contributed by atoms with Crippen molar-refractivity contribution in [2.75, 3.05) is 6.54 Å². The molecule has 2 heteroatoms. The molecule has 1 aromatic carbocycles. The molecule has 0 aliphatic rings. The maximum atomic E-state index is 12.6. The van der Waals surface area contributed by atoms with Gasteiger partial charge in [0, 0.05) is 6.04 Å². The number of hydrogen-bond donors (Lipinski definition) is 1. The summed E-state index contributed by atoms with van der Waals surface area (Å²) in [6, 6.07) is 6.85. The van der Waals surface area contributed by atoms with Crippen LogP contribution < -0.4 is 5.32 Å². The lowest BCUT2D eigenvalue weighted by atomic mass is 10.1. The highest BCUT2D eigenvalue weighted by Gasteiger charge is 2.02. The Morgan fingerprint density at radius 3 is 2.64 bits per heavy atom. The van der Waals surface area contributed by atoms with E-state index in [0.717, 1.165) is 18.5 Å². The van der Waals surface area contributed by atoms with E-state index in [1.807, 2.05) is 6.08 Å². The van der Waals surface area contributed by atoms with Gasteiger partial charge in [-0.05, 0) is 37.6 Å². The fourth-order valence-corrected chi connectivity index (χ4v) is 1.27. The van der Waals surface area contributed by atoms with Gasteiger partial charge in [-0.25, -0.2) is 4.39 Å². The Labute approximate surface area is 84.6 Å². The Bertz CT molecular complexity index is 279.